The number of carbonyl (C=O) groups is 2. The van der Waals surface area contributed by atoms with Gasteiger partial charge in [-0.25, -0.2) is 14.1 Å². The Balaban J connectivity index is 1.75. The molecule has 2 heterocycles. The maximum Gasteiger partial charge on any atom is 0.490 e. The van der Waals surface area contributed by atoms with Crippen molar-refractivity contribution in [2.45, 2.75) is 19.7 Å². The number of aromatic nitrogens is 2. The predicted octanol–water partition coefficient (Wildman–Crippen LogP) is 5.35. The molecule has 0 atom stereocenters. The van der Waals surface area contributed by atoms with Crippen molar-refractivity contribution < 1.29 is 37.3 Å². The van der Waals surface area contributed by atoms with E-state index < -0.39 is 24.7 Å². The van der Waals surface area contributed by atoms with Gasteiger partial charge >= 0.3 is 18.1 Å². The van der Waals surface area contributed by atoms with Crippen molar-refractivity contribution in [2.24, 2.45) is 0 Å². The lowest BCUT2D eigenvalue weighted by molar-refractivity contribution is -0.201. The molecule has 4 rings (SSSR count). The Morgan fingerprint density at radius 1 is 1.19 bits per heavy atom. The second-order valence-corrected chi connectivity index (χ2v) is 7.75. The zero-order chi connectivity index (χ0) is 26.7. The Morgan fingerprint density at radius 2 is 1.92 bits per heavy atom. The highest BCUT2D eigenvalue weighted by Gasteiger charge is 2.41. The number of carboxylic acids is 1. The average molecular weight is 510 g/mol. The fourth-order valence-corrected chi connectivity index (χ4v) is 3.57. The maximum atomic E-state index is 12.7. The van der Waals surface area contributed by atoms with E-state index in [1.54, 1.807) is 43.3 Å². The summed E-state index contributed by atoms with van der Waals surface area (Å²) in [5.41, 5.74) is 1.40. The number of carboxylic acid groups (broad SMARTS) is 1. The maximum absolute atomic E-state index is 12.7. The van der Waals surface area contributed by atoms with Crippen molar-refractivity contribution >= 4 is 28.8 Å². The fraction of sp³-hybridized carbons (Fsp3) is 0.120. The van der Waals surface area contributed by atoms with Gasteiger partial charge in [0.1, 0.15) is 24.2 Å². The highest BCUT2D eigenvalue weighted by molar-refractivity contribution is 5.96. The minimum absolute atomic E-state index is 0.0167. The number of hydrogen-bond donors (Lipinski definition) is 2. The lowest BCUT2D eigenvalue weighted by Gasteiger charge is -2.16. The molecule has 0 fully saturated rings. The van der Waals surface area contributed by atoms with Crippen LogP contribution in [0, 0.1) is 18.3 Å². The summed E-state index contributed by atoms with van der Waals surface area (Å²) in [6.07, 6.45) is -2.62. The van der Waals surface area contributed by atoms with E-state index in [0.717, 1.165) is 0 Å². The van der Waals surface area contributed by atoms with Crippen LogP contribution in [0.1, 0.15) is 27.0 Å². The molecule has 2 aromatic heterocycles. The number of halogens is 3. The summed E-state index contributed by atoms with van der Waals surface area (Å²) < 4.78 is 49.6. The first kappa shape index (κ1) is 25.1. The van der Waals surface area contributed by atoms with E-state index in [9.17, 15) is 33.1 Å². The monoisotopic (exact) mass is 510 g/mol. The highest BCUT2D eigenvalue weighted by atomic mass is 19.4. The molecule has 0 bridgehead atoms. The second-order valence-electron chi connectivity index (χ2n) is 7.75. The van der Waals surface area contributed by atoms with Crippen LogP contribution in [0.5, 0.6) is 11.5 Å². The Hall–Kier alpha value is -5.05. The zero-order valence-corrected chi connectivity index (χ0v) is 19.0. The number of esters is 1. The smallest absolute Gasteiger partial charge is 0.478 e. The molecule has 2 aromatic carbocycles. The number of aryl methyl sites for hydroxylation is 1. The topological polar surface area (TPSA) is 126 Å². The molecule has 4 aromatic rings. The third-order valence-corrected chi connectivity index (χ3v) is 5.30. The van der Waals surface area contributed by atoms with Crippen LogP contribution in [0.2, 0.25) is 0 Å². The van der Waals surface area contributed by atoms with Crippen molar-refractivity contribution in [3.8, 4) is 17.6 Å². The Labute approximate surface area is 207 Å². The fourth-order valence-electron chi connectivity index (χ4n) is 3.57. The van der Waals surface area contributed by atoms with Gasteiger partial charge in [-0.05, 0) is 42.8 Å². The lowest BCUT2D eigenvalue weighted by Crippen LogP contribution is -2.25. The molecule has 0 aliphatic carbocycles. The largest absolute Gasteiger partial charge is 0.490 e. The van der Waals surface area contributed by atoms with Crippen LogP contribution >= 0.6 is 0 Å². The second kappa shape index (κ2) is 9.90. The number of nitriles is 1. The molecule has 9 nitrogen and oxygen atoms in total. The summed E-state index contributed by atoms with van der Waals surface area (Å²) >= 11 is 0. The number of carbonyl (C=O) groups excluding carboxylic acids is 1. The Kier molecular flexibility index (Phi) is 6.71. The molecule has 0 spiro atoms. The first-order valence-corrected chi connectivity index (χ1v) is 10.6. The van der Waals surface area contributed by atoms with Crippen LogP contribution in [0.15, 0.2) is 60.9 Å². The number of para-hydroxylation sites is 1. The normalized spacial score (nSPS) is 11.1. The average Bonchev–Trinajstić information content (AvgIpc) is 3.21. The molecule has 0 aliphatic heterocycles. The number of anilines is 2. The third-order valence-electron chi connectivity index (χ3n) is 5.30. The number of nitrogens with one attached hydrogen (secondary N) is 1. The summed E-state index contributed by atoms with van der Waals surface area (Å²) in [5.74, 6) is -2.99. The highest BCUT2D eigenvalue weighted by Crippen LogP contribution is 2.34. The Morgan fingerprint density at radius 3 is 2.57 bits per heavy atom. The molecule has 37 heavy (non-hydrogen) atoms. The van der Waals surface area contributed by atoms with Crippen LogP contribution in [-0.4, -0.2) is 32.8 Å². The number of aromatic carboxylic acids is 1. The van der Waals surface area contributed by atoms with Crippen molar-refractivity contribution in [1.82, 2.24) is 9.61 Å². The van der Waals surface area contributed by atoms with Crippen molar-refractivity contribution in [3.05, 3.63) is 83.2 Å². The van der Waals surface area contributed by atoms with Gasteiger partial charge in [0.2, 0.25) is 0 Å². The van der Waals surface area contributed by atoms with Gasteiger partial charge < -0.3 is 19.9 Å². The molecule has 0 saturated heterocycles. The zero-order valence-electron chi connectivity index (χ0n) is 19.0. The molecule has 2 N–H and O–H groups in total. The van der Waals surface area contributed by atoms with E-state index in [4.69, 9.17) is 4.74 Å². The molecular formula is C25H17F3N4O5. The molecule has 12 heteroatoms. The van der Waals surface area contributed by atoms with Crippen LogP contribution < -0.4 is 10.1 Å². The Bertz CT molecular complexity index is 1540. The summed E-state index contributed by atoms with van der Waals surface area (Å²) in [6.45, 7) is 0.811. The first-order chi connectivity index (χ1) is 17.6. The number of fused-ring (bicyclic) bond motifs is 1. The molecule has 0 aliphatic rings. The summed E-state index contributed by atoms with van der Waals surface area (Å²) in [5, 5.41) is 26.2. The third kappa shape index (κ3) is 5.30. The summed E-state index contributed by atoms with van der Waals surface area (Å²) in [4.78, 5) is 22.9. The number of hydrogen-bond acceptors (Lipinski definition) is 7. The SMILES string of the molecule is Cc1c(C(=O)O)cn2ncc(C#N)c(Nc3ccc(Oc4ccccc4)c(COC(=O)C(F)(F)F)c3)c12. The number of ether oxygens (including phenoxy) is 2. The molecule has 0 radical (unpaired) electrons. The van der Waals surface area contributed by atoms with Gasteiger partial charge in [0.05, 0.1) is 28.5 Å². The molecule has 188 valence electrons. The summed E-state index contributed by atoms with van der Waals surface area (Å²) in [7, 11) is 0. The van der Waals surface area contributed by atoms with Crippen LogP contribution in [0.25, 0.3) is 5.52 Å². The van der Waals surface area contributed by atoms with Gasteiger partial charge in [0, 0.05) is 17.4 Å². The van der Waals surface area contributed by atoms with Crippen molar-refractivity contribution in [3.63, 3.8) is 0 Å². The van der Waals surface area contributed by atoms with Gasteiger partial charge in [-0.15, -0.1) is 0 Å². The number of rotatable bonds is 7. The minimum Gasteiger partial charge on any atom is -0.478 e. The van der Waals surface area contributed by atoms with Crippen LogP contribution in [-0.2, 0) is 16.1 Å². The van der Waals surface area contributed by atoms with E-state index in [2.05, 4.69) is 15.2 Å². The molecular weight excluding hydrogens is 493 g/mol. The number of alkyl halides is 3. The van der Waals surface area contributed by atoms with Gasteiger partial charge in [-0.3, -0.25) is 0 Å². The minimum atomic E-state index is -5.17. The van der Waals surface area contributed by atoms with Crippen molar-refractivity contribution in [2.75, 3.05) is 5.32 Å². The number of nitrogens with zero attached hydrogens (tertiary/aromatic N) is 3. The van der Waals surface area contributed by atoms with Gasteiger partial charge in [0.15, 0.2) is 0 Å². The summed E-state index contributed by atoms with van der Waals surface area (Å²) in [6, 6.07) is 14.8. The van der Waals surface area contributed by atoms with E-state index in [1.807, 2.05) is 6.07 Å². The van der Waals surface area contributed by atoms with Crippen LogP contribution in [0.3, 0.4) is 0 Å². The van der Waals surface area contributed by atoms with E-state index in [1.165, 1.54) is 29.0 Å². The quantitative estimate of drug-likeness (QED) is 0.319. The first-order valence-electron chi connectivity index (χ1n) is 10.6. The van der Waals surface area contributed by atoms with Gasteiger partial charge in [-0.2, -0.15) is 23.5 Å². The molecule has 0 unspecified atom stereocenters. The van der Waals surface area contributed by atoms with E-state index in [-0.39, 0.29) is 28.1 Å². The van der Waals surface area contributed by atoms with E-state index in [0.29, 0.717) is 22.5 Å². The van der Waals surface area contributed by atoms with Crippen molar-refractivity contribution in [1.29, 1.82) is 5.26 Å². The number of benzene rings is 2. The predicted molar refractivity (Wildman–Crippen MR) is 124 cm³/mol. The molecule has 0 amide bonds. The van der Waals surface area contributed by atoms with Gasteiger partial charge in [0.25, 0.3) is 0 Å². The van der Waals surface area contributed by atoms with Crippen LogP contribution in [0.4, 0.5) is 24.5 Å². The van der Waals surface area contributed by atoms with E-state index >= 15 is 0 Å². The van der Waals surface area contributed by atoms with Gasteiger partial charge in [-0.1, -0.05) is 18.2 Å². The molecule has 0 saturated carbocycles. The standard InChI is InChI=1S/C25H17F3N4O5/c1-14-19(23(33)34)12-32-22(14)21(16(10-29)11-30-32)31-17-7-8-20(37-18-5-3-2-4-6-18)15(9-17)13-36-24(35)25(26,27)28/h2-9,11-12,31H,13H2,1H3,(H,33,34). The lowest BCUT2D eigenvalue weighted by atomic mass is 10.1.